The third-order valence-electron chi connectivity index (χ3n) is 3.94. The number of nitrogens with two attached hydrogens (primary N) is 3. The van der Waals surface area contributed by atoms with Crippen molar-refractivity contribution in [3.05, 3.63) is 89.7 Å². The molecular weight excluding hydrogens is 433 g/mol. The number of nitrogen functional groups attached to an aromatic ring is 3. The van der Waals surface area contributed by atoms with Crippen molar-refractivity contribution in [3.8, 4) is 0 Å². The number of halogens is 1. The molecule has 3 rings (SSSR count). The molecule has 3 aromatic carbocycles. The van der Waals surface area contributed by atoms with Crippen LogP contribution in [0.5, 0.6) is 0 Å². The molecular formula is C26H36FN5O2. The summed E-state index contributed by atoms with van der Waals surface area (Å²) in [6.45, 7) is 6.03. The molecule has 0 aliphatic rings. The predicted octanol–water partition coefficient (Wildman–Crippen LogP) is 3.90. The van der Waals surface area contributed by atoms with Gasteiger partial charge >= 0.3 is 0 Å². The van der Waals surface area contributed by atoms with Gasteiger partial charge in [0, 0.05) is 37.6 Å². The van der Waals surface area contributed by atoms with Crippen LogP contribution in [0.15, 0.2) is 72.8 Å². The SMILES string of the molecule is CC.CC(=O)NCc1cccc(N)c1.CNC(=O)Cc1cccc(N)c1.Nc1cccc(F)c1. The number of hydrogen-bond acceptors (Lipinski definition) is 5. The standard InChI is InChI=1S/2C9H12N2O.C6H6FN.C2H6/c1-11-9(12)6-7-3-2-4-8(10)5-7;1-7(12)11-6-8-3-2-4-9(10)5-8;7-5-2-1-3-6(8)4-5;1-2/h2*2-5H,6,10H2,1H3,(H,11,12);1-4H,8H2;1-2H3. The van der Waals surface area contributed by atoms with Crippen LogP contribution >= 0.6 is 0 Å². The minimum atomic E-state index is -0.287. The van der Waals surface area contributed by atoms with E-state index in [9.17, 15) is 14.0 Å². The fourth-order valence-corrected chi connectivity index (χ4v) is 2.41. The fraction of sp³-hybridized carbons (Fsp3) is 0.231. The number of nitrogens with one attached hydrogen (secondary N) is 2. The summed E-state index contributed by atoms with van der Waals surface area (Å²) >= 11 is 0. The summed E-state index contributed by atoms with van der Waals surface area (Å²) < 4.78 is 12.1. The van der Waals surface area contributed by atoms with Gasteiger partial charge in [0.25, 0.3) is 0 Å². The Balaban J connectivity index is 0.000000472. The topological polar surface area (TPSA) is 136 Å². The number of anilines is 3. The predicted molar refractivity (Wildman–Crippen MR) is 139 cm³/mol. The molecule has 0 atom stereocenters. The zero-order valence-corrected chi connectivity index (χ0v) is 20.3. The number of hydrogen-bond donors (Lipinski definition) is 5. The first-order valence-electron chi connectivity index (χ1n) is 10.8. The molecule has 0 unspecified atom stereocenters. The monoisotopic (exact) mass is 469 g/mol. The molecule has 8 N–H and O–H groups in total. The van der Waals surface area contributed by atoms with Gasteiger partial charge in [0.15, 0.2) is 0 Å². The van der Waals surface area contributed by atoms with Gasteiger partial charge in [-0.25, -0.2) is 4.39 Å². The largest absolute Gasteiger partial charge is 0.399 e. The van der Waals surface area contributed by atoms with E-state index in [0.29, 0.717) is 24.3 Å². The average molecular weight is 470 g/mol. The Bertz CT molecular complexity index is 994. The van der Waals surface area contributed by atoms with Crippen molar-refractivity contribution in [2.45, 2.75) is 33.7 Å². The van der Waals surface area contributed by atoms with E-state index in [2.05, 4.69) is 10.6 Å². The first-order valence-corrected chi connectivity index (χ1v) is 10.8. The zero-order valence-electron chi connectivity index (χ0n) is 20.3. The lowest BCUT2D eigenvalue weighted by molar-refractivity contribution is -0.120. The maximum atomic E-state index is 12.1. The Morgan fingerprint density at radius 2 is 1.26 bits per heavy atom. The van der Waals surface area contributed by atoms with Gasteiger partial charge in [0.2, 0.25) is 11.8 Å². The van der Waals surface area contributed by atoms with Crippen LogP contribution in [0.2, 0.25) is 0 Å². The molecule has 7 nitrogen and oxygen atoms in total. The third kappa shape index (κ3) is 14.9. The highest BCUT2D eigenvalue weighted by atomic mass is 19.1. The van der Waals surface area contributed by atoms with Crippen molar-refractivity contribution < 1.29 is 14.0 Å². The van der Waals surface area contributed by atoms with E-state index < -0.39 is 0 Å². The summed E-state index contributed by atoms with van der Waals surface area (Å²) in [7, 11) is 1.62. The Morgan fingerprint density at radius 3 is 1.68 bits per heavy atom. The minimum absolute atomic E-state index is 0.000556. The highest BCUT2D eigenvalue weighted by Gasteiger charge is 1.99. The molecule has 34 heavy (non-hydrogen) atoms. The molecule has 0 aromatic heterocycles. The van der Waals surface area contributed by atoms with Crippen LogP contribution < -0.4 is 27.8 Å². The molecule has 0 spiro atoms. The lowest BCUT2D eigenvalue weighted by atomic mass is 10.1. The Morgan fingerprint density at radius 1 is 0.794 bits per heavy atom. The van der Waals surface area contributed by atoms with Gasteiger partial charge in [-0.05, 0) is 53.6 Å². The van der Waals surface area contributed by atoms with Crippen LogP contribution in [0, 0.1) is 5.82 Å². The second-order valence-corrected chi connectivity index (χ2v) is 6.80. The second kappa shape index (κ2) is 17.5. The summed E-state index contributed by atoms with van der Waals surface area (Å²) in [6.07, 6.45) is 0.390. The summed E-state index contributed by atoms with van der Waals surface area (Å²) in [5.74, 6) is -0.317. The van der Waals surface area contributed by atoms with E-state index in [4.69, 9.17) is 17.2 Å². The van der Waals surface area contributed by atoms with E-state index in [1.165, 1.54) is 19.1 Å². The van der Waals surface area contributed by atoms with E-state index in [0.717, 1.165) is 16.8 Å². The van der Waals surface area contributed by atoms with Crippen LogP contribution in [-0.4, -0.2) is 18.9 Å². The second-order valence-electron chi connectivity index (χ2n) is 6.80. The van der Waals surface area contributed by atoms with Crippen LogP contribution in [0.3, 0.4) is 0 Å². The molecule has 8 heteroatoms. The van der Waals surface area contributed by atoms with Gasteiger partial charge in [-0.15, -0.1) is 0 Å². The number of carbonyl (C=O) groups excluding carboxylic acids is 2. The molecule has 2 amide bonds. The van der Waals surface area contributed by atoms with Crippen molar-refractivity contribution in [2.24, 2.45) is 0 Å². The molecule has 0 aliphatic heterocycles. The molecule has 0 saturated heterocycles. The first-order chi connectivity index (χ1) is 16.2. The van der Waals surface area contributed by atoms with Gasteiger partial charge in [0.05, 0.1) is 6.42 Å². The highest BCUT2D eigenvalue weighted by molar-refractivity contribution is 5.78. The highest BCUT2D eigenvalue weighted by Crippen LogP contribution is 2.07. The van der Waals surface area contributed by atoms with Crippen molar-refractivity contribution >= 4 is 28.9 Å². The summed E-state index contributed by atoms with van der Waals surface area (Å²) in [4.78, 5) is 21.5. The maximum Gasteiger partial charge on any atom is 0.224 e. The molecule has 0 radical (unpaired) electrons. The van der Waals surface area contributed by atoms with Crippen LogP contribution in [0.25, 0.3) is 0 Å². The third-order valence-corrected chi connectivity index (χ3v) is 3.94. The van der Waals surface area contributed by atoms with Crippen LogP contribution in [0.1, 0.15) is 31.9 Å². The summed E-state index contributed by atoms with van der Waals surface area (Å²) in [5.41, 5.74) is 20.1. The van der Waals surface area contributed by atoms with E-state index in [-0.39, 0.29) is 17.6 Å². The average Bonchev–Trinajstić information content (AvgIpc) is 2.80. The van der Waals surface area contributed by atoms with Crippen molar-refractivity contribution in [1.29, 1.82) is 0 Å². The van der Waals surface area contributed by atoms with Gasteiger partial charge in [0.1, 0.15) is 5.82 Å². The fourth-order valence-electron chi connectivity index (χ4n) is 2.41. The Kier molecular flexibility index (Phi) is 15.4. The molecule has 0 bridgehead atoms. The van der Waals surface area contributed by atoms with Gasteiger partial charge in [-0.1, -0.05) is 44.2 Å². The van der Waals surface area contributed by atoms with Crippen LogP contribution in [0.4, 0.5) is 21.5 Å². The van der Waals surface area contributed by atoms with E-state index in [1.807, 2.05) is 50.2 Å². The smallest absolute Gasteiger partial charge is 0.224 e. The van der Waals surface area contributed by atoms with E-state index >= 15 is 0 Å². The summed E-state index contributed by atoms with van der Waals surface area (Å²) in [6, 6.07) is 20.6. The zero-order chi connectivity index (χ0) is 25.9. The lowest BCUT2D eigenvalue weighted by Gasteiger charge is -2.02. The molecule has 184 valence electrons. The van der Waals surface area contributed by atoms with Gasteiger partial charge < -0.3 is 27.8 Å². The molecule has 0 aliphatic carbocycles. The lowest BCUT2D eigenvalue weighted by Crippen LogP contribution is -2.19. The van der Waals surface area contributed by atoms with Crippen molar-refractivity contribution in [1.82, 2.24) is 10.6 Å². The molecule has 0 saturated carbocycles. The molecule has 3 aromatic rings. The Hall–Kier alpha value is -4.07. The number of benzene rings is 3. The van der Waals surface area contributed by atoms with Crippen LogP contribution in [-0.2, 0) is 22.6 Å². The quantitative estimate of drug-likeness (QED) is 0.369. The van der Waals surface area contributed by atoms with E-state index in [1.54, 1.807) is 31.3 Å². The number of rotatable bonds is 4. The number of amides is 2. The molecule has 0 fully saturated rings. The normalized spacial score (nSPS) is 8.97. The van der Waals surface area contributed by atoms with Crippen molar-refractivity contribution in [2.75, 3.05) is 24.2 Å². The number of carbonyl (C=O) groups is 2. The van der Waals surface area contributed by atoms with Crippen molar-refractivity contribution in [3.63, 3.8) is 0 Å². The molecule has 0 heterocycles. The van der Waals surface area contributed by atoms with Gasteiger partial charge in [-0.3, -0.25) is 9.59 Å². The minimum Gasteiger partial charge on any atom is -0.399 e. The van der Waals surface area contributed by atoms with Gasteiger partial charge in [-0.2, -0.15) is 0 Å². The number of likely N-dealkylation sites (N-methyl/N-ethyl adjacent to an activating group) is 1. The first kappa shape index (κ1) is 29.9. The maximum absolute atomic E-state index is 12.1. The Labute approximate surface area is 201 Å². The summed E-state index contributed by atoms with van der Waals surface area (Å²) in [5, 5.41) is 5.25.